The Labute approximate surface area is 186 Å². The Balaban J connectivity index is 1.48. The number of hydrogen-bond donors (Lipinski definition) is 2. The maximum absolute atomic E-state index is 6.02. The third-order valence-electron chi connectivity index (χ3n) is 4.26. The normalized spacial score (nSPS) is 11.4. The van der Waals surface area contributed by atoms with Crippen molar-refractivity contribution in [2.75, 3.05) is 39.2 Å². The van der Waals surface area contributed by atoms with Crippen LogP contribution in [0.15, 0.2) is 58.0 Å². The fourth-order valence-corrected chi connectivity index (χ4v) is 2.95. The second-order valence-electron chi connectivity index (χ2n) is 6.62. The summed E-state index contributed by atoms with van der Waals surface area (Å²) < 4.78 is 16.1. The van der Waals surface area contributed by atoms with Crippen LogP contribution in [0, 0.1) is 0 Å². The molecule has 31 heavy (non-hydrogen) atoms. The Kier molecular flexibility index (Phi) is 8.69. The number of hydrogen-bond acceptors (Lipinski definition) is 6. The summed E-state index contributed by atoms with van der Waals surface area (Å²) in [5, 5.41) is 11.1. The first-order valence-electron chi connectivity index (χ1n) is 9.96. The van der Waals surface area contributed by atoms with Gasteiger partial charge in [0.2, 0.25) is 11.7 Å². The predicted molar refractivity (Wildman–Crippen MR) is 122 cm³/mol. The molecule has 0 aliphatic heterocycles. The molecule has 164 valence electrons. The quantitative estimate of drug-likeness (QED) is 0.277. The van der Waals surface area contributed by atoms with Crippen LogP contribution < -0.4 is 15.4 Å². The van der Waals surface area contributed by atoms with Crippen LogP contribution in [0.4, 0.5) is 5.69 Å². The van der Waals surface area contributed by atoms with E-state index in [0.717, 1.165) is 23.4 Å². The van der Waals surface area contributed by atoms with E-state index in [1.807, 2.05) is 36.4 Å². The highest BCUT2D eigenvalue weighted by Crippen LogP contribution is 2.20. The van der Waals surface area contributed by atoms with Gasteiger partial charge in [-0.25, -0.2) is 0 Å². The second kappa shape index (κ2) is 11.9. The van der Waals surface area contributed by atoms with Crippen LogP contribution in [0.1, 0.15) is 12.3 Å². The molecule has 0 saturated heterocycles. The van der Waals surface area contributed by atoms with E-state index in [4.69, 9.17) is 25.6 Å². The number of benzene rings is 2. The predicted octanol–water partition coefficient (Wildman–Crippen LogP) is 4.04. The largest absolute Gasteiger partial charge is 0.493 e. The van der Waals surface area contributed by atoms with Crippen LogP contribution in [0.25, 0.3) is 11.4 Å². The van der Waals surface area contributed by atoms with Crippen molar-refractivity contribution >= 4 is 23.2 Å². The van der Waals surface area contributed by atoms with Crippen molar-refractivity contribution in [2.45, 2.75) is 12.8 Å². The van der Waals surface area contributed by atoms with Gasteiger partial charge < -0.3 is 24.6 Å². The first-order chi connectivity index (χ1) is 15.2. The molecule has 0 aliphatic rings. The van der Waals surface area contributed by atoms with Gasteiger partial charge in [0.1, 0.15) is 5.75 Å². The first kappa shape index (κ1) is 22.6. The Morgan fingerprint density at radius 1 is 1.16 bits per heavy atom. The highest BCUT2D eigenvalue weighted by Gasteiger charge is 2.09. The minimum absolute atomic E-state index is 0.516. The topological polar surface area (TPSA) is 93.8 Å². The average molecular weight is 444 g/mol. The standard InChI is InChI=1S/C22H26ClN5O3/c1-24-22(26-18-8-4-9-19(15-18)30-13-5-12-29-2)25-11-10-20-27-21(28-31-20)16-6-3-7-17(23)14-16/h3-4,6-9,14-15H,5,10-13H2,1-2H3,(H2,24,25,26). The summed E-state index contributed by atoms with van der Waals surface area (Å²) in [4.78, 5) is 8.67. The number of aromatic nitrogens is 2. The zero-order chi connectivity index (χ0) is 21.9. The van der Waals surface area contributed by atoms with Crippen LogP contribution in [0.2, 0.25) is 5.02 Å². The smallest absolute Gasteiger partial charge is 0.228 e. The van der Waals surface area contributed by atoms with Gasteiger partial charge in [-0.15, -0.1) is 0 Å². The number of guanidine groups is 1. The van der Waals surface area contributed by atoms with E-state index in [1.54, 1.807) is 26.3 Å². The Morgan fingerprint density at radius 3 is 2.84 bits per heavy atom. The fourth-order valence-electron chi connectivity index (χ4n) is 2.76. The fraction of sp³-hybridized carbons (Fsp3) is 0.318. The second-order valence-corrected chi connectivity index (χ2v) is 7.06. The molecule has 0 atom stereocenters. The number of halogens is 1. The van der Waals surface area contributed by atoms with Crippen molar-refractivity contribution in [2.24, 2.45) is 4.99 Å². The van der Waals surface area contributed by atoms with Crippen LogP contribution in [-0.4, -0.2) is 50.0 Å². The molecular weight excluding hydrogens is 418 g/mol. The van der Waals surface area contributed by atoms with Gasteiger partial charge in [-0.05, 0) is 24.3 Å². The van der Waals surface area contributed by atoms with Gasteiger partial charge in [0.05, 0.1) is 6.61 Å². The van der Waals surface area contributed by atoms with E-state index >= 15 is 0 Å². The maximum Gasteiger partial charge on any atom is 0.228 e. The molecule has 1 aromatic heterocycles. The molecule has 0 fully saturated rings. The molecule has 0 aliphatic carbocycles. The molecule has 0 spiro atoms. The number of nitrogens with one attached hydrogen (secondary N) is 2. The molecule has 9 heteroatoms. The van der Waals surface area contributed by atoms with Gasteiger partial charge in [-0.3, -0.25) is 4.99 Å². The monoisotopic (exact) mass is 443 g/mol. The lowest BCUT2D eigenvalue weighted by atomic mass is 10.2. The third-order valence-corrected chi connectivity index (χ3v) is 4.50. The number of nitrogens with zero attached hydrogens (tertiary/aromatic N) is 3. The lowest BCUT2D eigenvalue weighted by Gasteiger charge is -2.12. The molecule has 1 heterocycles. The van der Waals surface area contributed by atoms with Crippen molar-refractivity contribution in [1.29, 1.82) is 0 Å². The maximum atomic E-state index is 6.02. The average Bonchev–Trinajstić information content (AvgIpc) is 3.25. The summed E-state index contributed by atoms with van der Waals surface area (Å²) in [6.45, 7) is 1.85. The molecule has 0 unspecified atom stereocenters. The third kappa shape index (κ3) is 7.27. The van der Waals surface area contributed by atoms with Gasteiger partial charge in [-0.2, -0.15) is 4.98 Å². The summed E-state index contributed by atoms with van der Waals surface area (Å²) in [5.74, 6) is 2.47. The number of rotatable bonds is 10. The molecule has 0 bridgehead atoms. The van der Waals surface area contributed by atoms with Crippen molar-refractivity contribution in [1.82, 2.24) is 15.5 Å². The van der Waals surface area contributed by atoms with Gasteiger partial charge in [0.15, 0.2) is 5.96 Å². The summed E-state index contributed by atoms with van der Waals surface area (Å²) >= 11 is 6.02. The van der Waals surface area contributed by atoms with Crippen LogP contribution in [0.5, 0.6) is 5.75 Å². The number of aliphatic imine (C=N–C) groups is 1. The number of anilines is 1. The van der Waals surface area contributed by atoms with Crippen molar-refractivity contribution < 1.29 is 14.0 Å². The molecule has 8 nitrogen and oxygen atoms in total. The van der Waals surface area contributed by atoms with E-state index in [1.165, 1.54) is 0 Å². The van der Waals surface area contributed by atoms with Crippen molar-refractivity contribution in [3.05, 3.63) is 59.4 Å². The number of methoxy groups -OCH3 is 1. The van der Waals surface area contributed by atoms with Gasteiger partial charge >= 0.3 is 0 Å². The number of ether oxygens (including phenoxy) is 2. The van der Waals surface area contributed by atoms with Gasteiger partial charge in [-0.1, -0.05) is 35.0 Å². The highest BCUT2D eigenvalue weighted by molar-refractivity contribution is 6.30. The first-order valence-corrected chi connectivity index (χ1v) is 10.3. The summed E-state index contributed by atoms with van der Waals surface area (Å²) in [6, 6.07) is 15.1. The van der Waals surface area contributed by atoms with Crippen molar-refractivity contribution in [3.63, 3.8) is 0 Å². The minimum atomic E-state index is 0.516. The van der Waals surface area contributed by atoms with E-state index in [-0.39, 0.29) is 0 Å². The summed E-state index contributed by atoms with van der Waals surface area (Å²) in [5.41, 5.74) is 1.69. The SMILES string of the molecule is CN=C(NCCc1nc(-c2cccc(Cl)c2)no1)Nc1cccc(OCCCOC)c1. The van der Waals surface area contributed by atoms with Crippen LogP contribution in [-0.2, 0) is 11.2 Å². The van der Waals surface area contributed by atoms with E-state index in [9.17, 15) is 0 Å². The molecule has 3 aromatic rings. The highest BCUT2D eigenvalue weighted by atomic mass is 35.5. The summed E-state index contributed by atoms with van der Waals surface area (Å²) in [7, 11) is 3.39. The molecule has 0 amide bonds. The molecule has 0 radical (unpaired) electrons. The van der Waals surface area contributed by atoms with E-state index in [2.05, 4.69) is 25.8 Å². The van der Waals surface area contributed by atoms with E-state index in [0.29, 0.717) is 48.9 Å². The molecule has 0 saturated carbocycles. The Morgan fingerprint density at radius 2 is 2.03 bits per heavy atom. The Hall–Kier alpha value is -3.10. The van der Waals surface area contributed by atoms with Crippen molar-refractivity contribution in [3.8, 4) is 17.1 Å². The van der Waals surface area contributed by atoms with Crippen LogP contribution in [0.3, 0.4) is 0 Å². The lowest BCUT2D eigenvalue weighted by molar-refractivity contribution is 0.172. The van der Waals surface area contributed by atoms with E-state index < -0.39 is 0 Å². The summed E-state index contributed by atoms with van der Waals surface area (Å²) in [6.07, 6.45) is 1.39. The zero-order valence-corrected chi connectivity index (χ0v) is 18.4. The molecule has 3 rings (SSSR count). The minimum Gasteiger partial charge on any atom is -0.493 e. The zero-order valence-electron chi connectivity index (χ0n) is 17.6. The molecule has 2 N–H and O–H groups in total. The Bertz CT molecular complexity index is 993. The lowest BCUT2D eigenvalue weighted by Crippen LogP contribution is -2.32. The molecule has 2 aromatic carbocycles. The molecular formula is C22H26ClN5O3. The van der Waals surface area contributed by atoms with Crippen LogP contribution >= 0.6 is 11.6 Å². The van der Waals surface area contributed by atoms with Gasteiger partial charge in [0, 0.05) is 62.5 Å². The van der Waals surface area contributed by atoms with Gasteiger partial charge in [0.25, 0.3) is 0 Å².